The lowest BCUT2D eigenvalue weighted by molar-refractivity contribution is 0.0963. The molecule has 3 N–H and O–H groups in total. The van der Waals surface area contributed by atoms with Gasteiger partial charge < -0.3 is 34.9 Å². The van der Waals surface area contributed by atoms with Gasteiger partial charge in [-0.05, 0) is 31.9 Å². The topological polar surface area (TPSA) is 108 Å². The Hall–Kier alpha value is -2.11. The van der Waals surface area contributed by atoms with E-state index in [4.69, 9.17) is 24.7 Å². The molecule has 9 nitrogen and oxygen atoms in total. The maximum absolute atomic E-state index is 11.7. The molecule has 1 aromatic rings. The molecule has 1 saturated heterocycles. The van der Waals surface area contributed by atoms with Crippen molar-refractivity contribution >= 4 is 36.0 Å². The van der Waals surface area contributed by atoms with Crippen LogP contribution in [0.15, 0.2) is 17.1 Å². The summed E-state index contributed by atoms with van der Waals surface area (Å²) >= 11 is 0. The van der Waals surface area contributed by atoms with Crippen LogP contribution >= 0.6 is 24.0 Å². The molecule has 1 amide bonds. The summed E-state index contributed by atoms with van der Waals surface area (Å²) in [5.41, 5.74) is 6.88. The van der Waals surface area contributed by atoms with Crippen LogP contribution in [0.2, 0.25) is 0 Å². The number of likely N-dealkylation sites (tertiary alicyclic amines) is 1. The number of aliphatic imine (C=N–C) groups is 1. The summed E-state index contributed by atoms with van der Waals surface area (Å²) < 4.78 is 21.2. The third-order valence-corrected chi connectivity index (χ3v) is 4.58. The highest BCUT2D eigenvalue weighted by Gasteiger charge is 2.23. The first-order valence-corrected chi connectivity index (χ1v) is 9.30. The Labute approximate surface area is 188 Å². The molecule has 0 radical (unpaired) electrons. The minimum absolute atomic E-state index is 0. The molecule has 1 fully saturated rings. The molecule has 164 valence electrons. The number of nitrogens with two attached hydrogens (primary N) is 1. The Kier molecular flexibility index (Phi) is 10.7. The first-order valence-electron chi connectivity index (χ1n) is 9.30. The van der Waals surface area contributed by atoms with Gasteiger partial charge in [-0.1, -0.05) is 0 Å². The number of hydrogen-bond acceptors (Lipinski definition) is 6. The standard InChI is InChI=1S/C19H30N4O5.HI/c1-5-28-19(24)23-10-8-14(9-11-23)22-18(20)21-12-13-6-7-15(25-2)17(27-4)16(13)26-3;/h6-7,14H,5,8-12H2,1-4H3,(H3,20,21,22);1H. The van der Waals surface area contributed by atoms with Crippen LogP contribution in [-0.4, -0.2) is 64.0 Å². The van der Waals surface area contributed by atoms with Crippen molar-refractivity contribution in [2.45, 2.75) is 32.4 Å². The monoisotopic (exact) mass is 522 g/mol. The van der Waals surface area contributed by atoms with E-state index in [1.165, 1.54) is 0 Å². The number of carbonyl (C=O) groups is 1. The third-order valence-electron chi connectivity index (χ3n) is 4.58. The first-order chi connectivity index (χ1) is 13.5. The molecule has 1 heterocycles. The van der Waals surface area contributed by atoms with Crippen LogP contribution in [0.3, 0.4) is 0 Å². The van der Waals surface area contributed by atoms with E-state index in [0.29, 0.717) is 49.4 Å². The molecule has 1 aliphatic rings. The number of benzene rings is 1. The van der Waals surface area contributed by atoms with Crippen molar-refractivity contribution in [3.8, 4) is 17.2 Å². The normalized spacial score (nSPS) is 14.6. The third kappa shape index (κ3) is 6.72. The van der Waals surface area contributed by atoms with Gasteiger partial charge in [0.25, 0.3) is 0 Å². The Bertz CT molecular complexity index is 693. The van der Waals surface area contributed by atoms with Crippen LogP contribution < -0.4 is 25.3 Å². The van der Waals surface area contributed by atoms with Crippen molar-refractivity contribution in [1.82, 2.24) is 10.2 Å². The highest BCUT2D eigenvalue weighted by atomic mass is 127. The van der Waals surface area contributed by atoms with E-state index >= 15 is 0 Å². The second-order valence-corrected chi connectivity index (χ2v) is 6.30. The average Bonchev–Trinajstić information content (AvgIpc) is 2.71. The van der Waals surface area contributed by atoms with Crippen molar-refractivity contribution in [2.75, 3.05) is 41.0 Å². The van der Waals surface area contributed by atoms with E-state index in [-0.39, 0.29) is 36.1 Å². The van der Waals surface area contributed by atoms with Gasteiger partial charge in [0.15, 0.2) is 17.5 Å². The van der Waals surface area contributed by atoms with Gasteiger partial charge >= 0.3 is 6.09 Å². The number of amides is 1. The van der Waals surface area contributed by atoms with Gasteiger partial charge in [0, 0.05) is 24.7 Å². The number of halogens is 1. The highest BCUT2D eigenvalue weighted by molar-refractivity contribution is 14.0. The molecule has 10 heteroatoms. The van der Waals surface area contributed by atoms with Crippen molar-refractivity contribution in [2.24, 2.45) is 10.7 Å². The maximum Gasteiger partial charge on any atom is 0.409 e. The average molecular weight is 522 g/mol. The minimum atomic E-state index is -0.261. The van der Waals surface area contributed by atoms with Crippen LogP contribution in [0, 0.1) is 0 Å². The van der Waals surface area contributed by atoms with Crippen molar-refractivity contribution in [3.05, 3.63) is 17.7 Å². The van der Waals surface area contributed by atoms with Crippen LogP contribution in [0.4, 0.5) is 4.79 Å². The van der Waals surface area contributed by atoms with Gasteiger partial charge in [-0.2, -0.15) is 0 Å². The zero-order valence-corrected chi connectivity index (χ0v) is 19.7. The maximum atomic E-state index is 11.7. The van der Waals surface area contributed by atoms with E-state index in [0.717, 1.165) is 18.4 Å². The minimum Gasteiger partial charge on any atom is -0.493 e. The summed E-state index contributed by atoms with van der Waals surface area (Å²) in [6, 6.07) is 3.84. The SMILES string of the molecule is CCOC(=O)N1CCC(NC(N)=NCc2ccc(OC)c(OC)c2OC)CC1.I. The van der Waals surface area contributed by atoms with Gasteiger partial charge in [-0.15, -0.1) is 24.0 Å². The molecule has 0 atom stereocenters. The van der Waals surface area contributed by atoms with Crippen LogP contribution in [0.1, 0.15) is 25.3 Å². The predicted molar refractivity (Wildman–Crippen MR) is 122 cm³/mol. The molecule has 2 rings (SSSR count). The summed E-state index contributed by atoms with van der Waals surface area (Å²) in [7, 11) is 4.71. The lowest BCUT2D eigenvalue weighted by Gasteiger charge is -2.31. The van der Waals surface area contributed by atoms with Gasteiger partial charge in [-0.25, -0.2) is 9.79 Å². The second-order valence-electron chi connectivity index (χ2n) is 6.30. The number of hydrogen-bond donors (Lipinski definition) is 2. The lowest BCUT2D eigenvalue weighted by Crippen LogP contribution is -2.48. The fraction of sp³-hybridized carbons (Fsp3) is 0.579. The quantitative estimate of drug-likeness (QED) is 0.322. The summed E-state index contributed by atoms with van der Waals surface area (Å²) in [6.45, 7) is 3.79. The molecule has 29 heavy (non-hydrogen) atoms. The Morgan fingerprint density at radius 1 is 1.17 bits per heavy atom. The number of carbonyl (C=O) groups excluding carboxylic acids is 1. The predicted octanol–water partition coefficient (Wildman–Crippen LogP) is 2.36. The smallest absolute Gasteiger partial charge is 0.409 e. The van der Waals surface area contributed by atoms with E-state index in [1.807, 2.05) is 6.07 Å². The number of guanidine groups is 1. The van der Waals surface area contributed by atoms with Crippen LogP contribution in [0.5, 0.6) is 17.2 Å². The molecule has 1 aliphatic heterocycles. The molecule has 0 aliphatic carbocycles. The number of nitrogens with one attached hydrogen (secondary N) is 1. The first kappa shape index (κ1) is 24.9. The zero-order valence-electron chi connectivity index (χ0n) is 17.4. The van der Waals surface area contributed by atoms with Gasteiger partial charge in [0.1, 0.15) is 0 Å². The molecular formula is C19H31IN4O5. The number of nitrogens with zero attached hydrogens (tertiary/aromatic N) is 2. The molecular weight excluding hydrogens is 491 g/mol. The Morgan fingerprint density at radius 2 is 1.83 bits per heavy atom. The number of rotatable bonds is 7. The van der Waals surface area contributed by atoms with Gasteiger partial charge in [-0.3, -0.25) is 0 Å². The number of methoxy groups -OCH3 is 3. The number of piperidine rings is 1. The lowest BCUT2D eigenvalue weighted by atomic mass is 10.1. The fourth-order valence-corrected chi connectivity index (χ4v) is 3.13. The highest BCUT2D eigenvalue weighted by Crippen LogP contribution is 2.39. The molecule has 1 aromatic carbocycles. The largest absolute Gasteiger partial charge is 0.493 e. The van der Waals surface area contributed by atoms with Crippen LogP contribution in [0.25, 0.3) is 0 Å². The summed E-state index contributed by atoms with van der Waals surface area (Å²) in [4.78, 5) is 17.9. The molecule has 0 bridgehead atoms. The molecule has 0 aromatic heterocycles. The molecule has 0 spiro atoms. The summed E-state index contributed by atoms with van der Waals surface area (Å²) in [5, 5.41) is 3.22. The van der Waals surface area contributed by atoms with E-state index < -0.39 is 0 Å². The van der Waals surface area contributed by atoms with Crippen molar-refractivity contribution in [1.29, 1.82) is 0 Å². The van der Waals surface area contributed by atoms with E-state index in [1.54, 1.807) is 39.2 Å². The molecule has 0 unspecified atom stereocenters. The summed E-state index contributed by atoms with van der Waals surface area (Å²) in [5.74, 6) is 2.04. The summed E-state index contributed by atoms with van der Waals surface area (Å²) in [6.07, 6.45) is 1.31. The van der Waals surface area contributed by atoms with Gasteiger partial charge in [0.05, 0.1) is 34.5 Å². The Balaban J connectivity index is 0.00000420. The van der Waals surface area contributed by atoms with Crippen LogP contribution in [-0.2, 0) is 11.3 Å². The number of ether oxygens (including phenoxy) is 4. The van der Waals surface area contributed by atoms with E-state index in [9.17, 15) is 4.79 Å². The van der Waals surface area contributed by atoms with E-state index in [2.05, 4.69) is 10.3 Å². The zero-order chi connectivity index (χ0) is 20.5. The van der Waals surface area contributed by atoms with Gasteiger partial charge in [0.2, 0.25) is 5.75 Å². The van der Waals surface area contributed by atoms with Crippen molar-refractivity contribution < 1.29 is 23.7 Å². The molecule has 0 saturated carbocycles. The van der Waals surface area contributed by atoms with Crippen molar-refractivity contribution in [3.63, 3.8) is 0 Å². The fourth-order valence-electron chi connectivity index (χ4n) is 3.13. The second kappa shape index (κ2) is 12.5. The Morgan fingerprint density at radius 3 is 2.38 bits per heavy atom.